The minimum Gasteiger partial charge on any atom is -0.462 e. The first-order valence-corrected chi connectivity index (χ1v) is 20.1. The fourth-order valence-corrected chi connectivity index (χ4v) is 6.41. The molecule has 0 heterocycles. The van der Waals surface area contributed by atoms with E-state index >= 15 is 0 Å². The van der Waals surface area contributed by atoms with Crippen molar-refractivity contribution < 1.29 is 63.1 Å². The number of allylic oxidation sites excluding steroid dienone is 4. The molecule has 0 radical (unpaired) electrons. The quantitative estimate of drug-likeness (QED) is 0.0249. The fourth-order valence-electron chi connectivity index (χ4n) is 5.43. The van der Waals surface area contributed by atoms with Crippen molar-refractivity contribution in [2.75, 3.05) is 13.2 Å². The van der Waals surface area contributed by atoms with E-state index in [0.717, 1.165) is 64.2 Å². The van der Waals surface area contributed by atoms with E-state index in [9.17, 15) is 44.6 Å². The van der Waals surface area contributed by atoms with E-state index in [1.165, 1.54) is 32.1 Å². The molecule has 0 aliphatic heterocycles. The highest BCUT2D eigenvalue weighted by Gasteiger charge is 2.51. The van der Waals surface area contributed by atoms with Crippen molar-refractivity contribution in [2.24, 2.45) is 0 Å². The second-order valence-corrected chi connectivity index (χ2v) is 14.5. The van der Waals surface area contributed by atoms with Crippen molar-refractivity contribution >= 4 is 19.8 Å². The molecule has 0 aromatic rings. The first-order chi connectivity index (χ1) is 23.9. The zero-order chi connectivity index (χ0) is 37.2. The number of carbonyl (C=O) groups excluding carboxylic acids is 2. The smallest absolute Gasteiger partial charge is 0.462 e. The molecule has 0 amide bonds. The third kappa shape index (κ3) is 21.0. The number of phosphoric acid groups is 1. The van der Waals surface area contributed by atoms with Crippen molar-refractivity contribution in [3.63, 3.8) is 0 Å². The second-order valence-electron chi connectivity index (χ2n) is 13.1. The molecule has 1 aliphatic carbocycles. The van der Waals surface area contributed by atoms with Gasteiger partial charge in [0, 0.05) is 12.8 Å². The molecule has 1 aliphatic rings. The van der Waals surface area contributed by atoms with E-state index in [-0.39, 0.29) is 12.8 Å². The molecule has 0 bridgehead atoms. The summed E-state index contributed by atoms with van der Waals surface area (Å²) in [5.74, 6) is -1.14. The molecule has 0 aromatic heterocycles. The summed E-state index contributed by atoms with van der Waals surface area (Å²) in [5, 5.41) is 49.7. The lowest BCUT2D eigenvalue weighted by Gasteiger charge is -2.41. The van der Waals surface area contributed by atoms with Crippen LogP contribution in [0.2, 0.25) is 0 Å². The van der Waals surface area contributed by atoms with Gasteiger partial charge >= 0.3 is 19.8 Å². The second kappa shape index (κ2) is 27.9. The highest BCUT2D eigenvalue weighted by atomic mass is 31.2. The molecule has 6 N–H and O–H groups in total. The predicted molar refractivity (Wildman–Crippen MR) is 189 cm³/mol. The van der Waals surface area contributed by atoms with E-state index in [2.05, 4.69) is 31.2 Å². The zero-order valence-electron chi connectivity index (χ0n) is 30.2. The minimum atomic E-state index is -5.09. The third-order valence-corrected chi connectivity index (χ3v) is 9.53. The Morgan fingerprint density at radius 1 is 0.620 bits per heavy atom. The van der Waals surface area contributed by atoms with Crippen LogP contribution < -0.4 is 0 Å². The van der Waals surface area contributed by atoms with Crippen LogP contribution in [0.1, 0.15) is 136 Å². The number of hydrogen-bond donors (Lipinski definition) is 6. The summed E-state index contributed by atoms with van der Waals surface area (Å²) in [6.07, 6.45) is 13.6. The van der Waals surface area contributed by atoms with Gasteiger partial charge in [-0.15, -0.1) is 0 Å². The van der Waals surface area contributed by atoms with Gasteiger partial charge in [-0.05, 0) is 44.9 Å². The fraction of sp³-hybridized carbons (Fsp3) is 0.833. The van der Waals surface area contributed by atoms with Crippen LogP contribution in [0.5, 0.6) is 0 Å². The van der Waals surface area contributed by atoms with Gasteiger partial charge in [0.2, 0.25) is 0 Å². The number of aliphatic hydroxyl groups excluding tert-OH is 5. The largest absolute Gasteiger partial charge is 0.472 e. The summed E-state index contributed by atoms with van der Waals surface area (Å²) in [6, 6.07) is 0. The van der Waals surface area contributed by atoms with Crippen molar-refractivity contribution in [3.8, 4) is 0 Å². The first-order valence-electron chi connectivity index (χ1n) is 18.6. The molecule has 1 fully saturated rings. The Labute approximate surface area is 298 Å². The average Bonchev–Trinajstić information content (AvgIpc) is 3.09. The summed E-state index contributed by atoms with van der Waals surface area (Å²) in [6.45, 7) is 3.03. The van der Waals surface area contributed by atoms with Crippen LogP contribution in [0.15, 0.2) is 24.3 Å². The summed E-state index contributed by atoms with van der Waals surface area (Å²) in [5.41, 5.74) is 0. The molecule has 14 heteroatoms. The van der Waals surface area contributed by atoms with E-state index < -0.39 is 75.7 Å². The maximum atomic E-state index is 12.6. The van der Waals surface area contributed by atoms with Gasteiger partial charge in [0.05, 0.1) is 6.61 Å². The number of carbonyl (C=O) groups is 2. The van der Waals surface area contributed by atoms with E-state index in [0.29, 0.717) is 12.8 Å². The lowest BCUT2D eigenvalue weighted by molar-refractivity contribution is -0.220. The van der Waals surface area contributed by atoms with E-state index in [1.54, 1.807) is 0 Å². The molecule has 0 spiro atoms. The Balaban J connectivity index is 2.41. The zero-order valence-corrected chi connectivity index (χ0v) is 31.1. The van der Waals surface area contributed by atoms with Crippen LogP contribution in [-0.2, 0) is 32.7 Å². The van der Waals surface area contributed by atoms with Crippen molar-refractivity contribution in [3.05, 3.63) is 24.3 Å². The van der Waals surface area contributed by atoms with Gasteiger partial charge in [-0.2, -0.15) is 0 Å². The molecule has 0 saturated heterocycles. The number of esters is 2. The molecule has 50 heavy (non-hydrogen) atoms. The molecule has 13 nitrogen and oxygen atoms in total. The van der Waals surface area contributed by atoms with Crippen molar-refractivity contribution in [1.29, 1.82) is 0 Å². The molecule has 1 rings (SSSR count). The predicted octanol–water partition coefficient (Wildman–Crippen LogP) is 5.33. The van der Waals surface area contributed by atoms with Gasteiger partial charge in [-0.3, -0.25) is 18.6 Å². The summed E-state index contributed by atoms with van der Waals surface area (Å²) in [4.78, 5) is 34.9. The van der Waals surface area contributed by atoms with Crippen LogP contribution in [0.4, 0.5) is 0 Å². The van der Waals surface area contributed by atoms with Gasteiger partial charge in [-0.25, -0.2) is 4.57 Å². The third-order valence-electron chi connectivity index (χ3n) is 8.55. The molecular formula is C36H65O13P. The summed E-state index contributed by atoms with van der Waals surface area (Å²) >= 11 is 0. The molecule has 6 atom stereocenters. The number of hydrogen-bond acceptors (Lipinski definition) is 12. The lowest BCUT2D eigenvalue weighted by Crippen LogP contribution is -2.64. The molecule has 1 saturated carbocycles. The van der Waals surface area contributed by atoms with Gasteiger partial charge in [-0.1, -0.05) is 102 Å². The topological polar surface area (TPSA) is 210 Å². The summed E-state index contributed by atoms with van der Waals surface area (Å²) < 4.78 is 33.0. The summed E-state index contributed by atoms with van der Waals surface area (Å²) in [7, 11) is -5.09. The molecule has 0 aromatic carbocycles. The van der Waals surface area contributed by atoms with Gasteiger partial charge in [0.1, 0.15) is 43.2 Å². The van der Waals surface area contributed by atoms with Crippen molar-refractivity contribution in [1.82, 2.24) is 0 Å². The number of unbranched alkanes of at least 4 members (excludes halogenated alkanes) is 13. The van der Waals surface area contributed by atoms with Crippen molar-refractivity contribution in [2.45, 2.75) is 179 Å². The molecule has 292 valence electrons. The number of rotatable bonds is 29. The Kier molecular flexibility index (Phi) is 25.9. The van der Waals surface area contributed by atoms with E-state index in [1.807, 2.05) is 6.92 Å². The monoisotopic (exact) mass is 736 g/mol. The number of phosphoric ester groups is 1. The maximum Gasteiger partial charge on any atom is 0.472 e. The number of aliphatic hydroxyl groups is 5. The van der Waals surface area contributed by atoms with E-state index in [4.69, 9.17) is 18.5 Å². The Hall–Kier alpha value is -1.67. The number of ether oxygens (including phenoxy) is 2. The van der Waals surface area contributed by atoms with Crippen LogP contribution in [0, 0.1) is 0 Å². The van der Waals surface area contributed by atoms with Gasteiger partial charge in [0.25, 0.3) is 0 Å². The normalized spacial score (nSPS) is 24.4. The Morgan fingerprint density at radius 2 is 1.08 bits per heavy atom. The molecule has 6 unspecified atom stereocenters. The van der Waals surface area contributed by atoms with Gasteiger partial charge in [0.15, 0.2) is 6.10 Å². The standard InChI is InChI=1S/C36H65O13P/c1-3-5-7-8-9-10-11-12-13-14-15-16-17-18-19-20-21-23-25-30(38)48-28(26-46-29(37)24-22-6-4-2)27-47-50(44,45)49-36-34(42)32(40)31(39)33(41)35(36)43/h10-11,13-14,28,31-36,39-43H,3-9,12,15-27H2,1-2H3,(H,44,45)/b11-10-,14-13-. The average molecular weight is 737 g/mol. The van der Waals surface area contributed by atoms with Gasteiger partial charge < -0.3 is 39.9 Å². The maximum absolute atomic E-state index is 12.6. The minimum absolute atomic E-state index is 0.0881. The Bertz CT molecular complexity index is 990. The van der Waals surface area contributed by atoms with Crippen LogP contribution in [0.3, 0.4) is 0 Å². The Morgan fingerprint density at radius 3 is 1.66 bits per heavy atom. The first kappa shape index (κ1) is 46.4. The van der Waals surface area contributed by atoms with Crippen LogP contribution in [0.25, 0.3) is 0 Å². The van der Waals surface area contributed by atoms with Crippen LogP contribution >= 0.6 is 7.82 Å². The highest BCUT2D eigenvalue weighted by Crippen LogP contribution is 2.47. The lowest BCUT2D eigenvalue weighted by atomic mass is 9.85. The highest BCUT2D eigenvalue weighted by molar-refractivity contribution is 7.47. The SMILES string of the molecule is CCCCCC/C=C\C/C=C\CCCCCCCCCC(=O)OC(COC(=O)CCCCC)COP(=O)(O)OC1C(O)C(O)C(O)C(O)C1O. The molecular weight excluding hydrogens is 671 g/mol. The van der Waals surface area contributed by atoms with Crippen LogP contribution in [-0.4, -0.2) is 98.3 Å².